The minimum Gasteiger partial charge on any atom is -0.478 e. The van der Waals surface area contributed by atoms with Crippen LogP contribution in [-0.4, -0.2) is 34.7 Å². The smallest absolute Gasteiger partial charge is 0.337 e. The second-order valence-corrected chi connectivity index (χ2v) is 6.34. The fourth-order valence-electron chi connectivity index (χ4n) is 1.27. The number of hydrogen-bond acceptors (Lipinski definition) is 7. The molecule has 106 valence electrons. The molecule has 0 radical (unpaired) electrons. The molecule has 0 unspecified atom stereocenters. The molecule has 8 nitrogen and oxygen atoms in total. The van der Waals surface area contributed by atoms with Crippen LogP contribution in [0.5, 0.6) is 0 Å². The second kappa shape index (κ2) is 5.51. The van der Waals surface area contributed by atoms with Crippen molar-refractivity contribution >= 4 is 32.5 Å². The normalized spacial score (nSPS) is 11.2. The summed E-state index contributed by atoms with van der Waals surface area (Å²) in [7, 11) is -3.90. The summed E-state index contributed by atoms with van der Waals surface area (Å²) < 4.78 is 26.2. The molecule has 2 aromatic heterocycles. The predicted molar refractivity (Wildman–Crippen MR) is 71.3 cm³/mol. The van der Waals surface area contributed by atoms with Crippen molar-refractivity contribution in [1.82, 2.24) is 15.2 Å². The fourth-order valence-corrected chi connectivity index (χ4v) is 3.11. The summed E-state index contributed by atoms with van der Waals surface area (Å²) in [4.78, 5) is 14.3. The summed E-state index contributed by atoms with van der Waals surface area (Å²) in [6.07, 6.45) is 1.64. The summed E-state index contributed by atoms with van der Waals surface area (Å²) >= 11 is 1.13. The molecule has 2 heterocycles. The maximum absolute atomic E-state index is 12.0. The molecule has 0 saturated heterocycles. The molecule has 0 fully saturated rings. The Labute approximate surface area is 118 Å². The van der Waals surface area contributed by atoms with Crippen LogP contribution >= 0.6 is 11.3 Å². The van der Waals surface area contributed by atoms with Crippen molar-refractivity contribution in [3.63, 3.8) is 0 Å². The highest BCUT2D eigenvalue weighted by atomic mass is 32.2. The molecule has 0 aliphatic carbocycles. The van der Waals surface area contributed by atoms with E-state index in [4.69, 9.17) is 5.11 Å². The van der Waals surface area contributed by atoms with Crippen LogP contribution < -0.4 is 4.72 Å². The summed E-state index contributed by atoms with van der Waals surface area (Å²) in [5.41, 5.74) is -0.0897. The van der Waals surface area contributed by atoms with Crippen molar-refractivity contribution in [1.29, 1.82) is 0 Å². The van der Waals surface area contributed by atoms with Crippen LogP contribution in [0.1, 0.15) is 22.3 Å². The number of aryl methyl sites for hydroxylation is 1. The average molecular weight is 314 g/mol. The van der Waals surface area contributed by atoms with Crippen LogP contribution in [0.2, 0.25) is 0 Å². The first kappa shape index (κ1) is 14.3. The van der Waals surface area contributed by atoms with Crippen LogP contribution in [0.15, 0.2) is 23.4 Å². The number of aromatic carboxylic acids is 1. The van der Waals surface area contributed by atoms with Gasteiger partial charge in [0, 0.05) is 6.20 Å². The number of nitrogens with zero attached hydrogens (tertiary/aromatic N) is 3. The third-order valence-corrected chi connectivity index (χ3v) is 4.62. The van der Waals surface area contributed by atoms with Crippen LogP contribution in [0.4, 0.5) is 5.13 Å². The number of nitrogens with one attached hydrogen (secondary N) is 1. The molecule has 0 spiro atoms. The number of anilines is 1. The van der Waals surface area contributed by atoms with E-state index >= 15 is 0 Å². The lowest BCUT2D eigenvalue weighted by molar-refractivity contribution is 0.0696. The van der Waals surface area contributed by atoms with E-state index in [1.165, 1.54) is 6.07 Å². The Morgan fingerprint density at radius 2 is 2.15 bits per heavy atom. The second-order valence-electron chi connectivity index (χ2n) is 3.65. The van der Waals surface area contributed by atoms with E-state index in [2.05, 4.69) is 19.9 Å². The Morgan fingerprint density at radius 1 is 1.40 bits per heavy atom. The Balaban J connectivity index is 2.23. The molecule has 0 aromatic carbocycles. The minimum atomic E-state index is -3.90. The summed E-state index contributed by atoms with van der Waals surface area (Å²) in [5, 5.41) is 16.8. The van der Waals surface area contributed by atoms with Crippen LogP contribution in [0.3, 0.4) is 0 Å². The van der Waals surface area contributed by atoms with Crippen molar-refractivity contribution in [2.24, 2.45) is 0 Å². The van der Waals surface area contributed by atoms with Gasteiger partial charge >= 0.3 is 5.97 Å². The number of hydrogen-bond donors (Lipinski definition) is 2. The Kier molecular flexibility index (Phi) is 3.95. The van der Waals surface area contributed by atoms with Crippen LogP contribution in [0.25, 0.3) is 0 Å². The first-order valence-corrected chi connectivity index (χ1v) is 7.77. The maximum atomic E-state index is 12.0. The third-order valence-electron chi connectivity index (χ3n) is 2.25. The van der Waals surface area contributed by atoms with Crippen LogP contribution in [-0.2, 0) is 16.4 Å². The third kappa shape index (κ3) is 3.08. The monoisotopic (exact) mass is 314 g/mol. The standard InChI is InChI=1S/C10H10N4O4S2/c1-2-7-12-13-10(19-7)14-20(17,18)8-4-3-6(5-11-8)9(15)16/h3-5H,2H2,1H3,(H,13,14)(H,15,16). The number of carboxylic acid groups (broad SMARTS) is 1. The van der Waals surface area contributed by atoms with Gasteiger partial charge in [-0.25, -0.2) is 9.78 Å². The first-order chi connectivity index (χ1) is 9.42. The lowest BCUT2D eigenvalue weighted by Crippen LogP contribution is -2.14. The zero-order chi connectivity index (χ0) is 14.8. The fraction of sp³-hybridized carbons (Fsp3) is 0.200. The Bertz CT molecular complexity index is 724. The zero-order valence-electron chi connectivity index (χ0n) is 10.3. The van der Waals surface area contributed by atoms with Gasteiger partial charge in [0.15, 0.2) is 5.03 Å². The number of carbonyl (C=O) groups is 1. The number of rotatable bonds is 5. The highest BCUT2D eigenvalue weighted by Gasteiger charge is 2.18. The average Bonchev–Trinajstić information content (AvgIpc) is 2.85. The van der Waals surface area contributed by atoms with E-state index in [1.807, 2.05) is 6.92 Å². The lowest BCUT2D eigenvalue weighted by Gasteiger charge is -2.03. The molecule has 2 N–H and O–H groups in total. The topological polar surface area (TPSA) is 122 Å². The molecule has 0 atom stereocenters. The van der Waals surface area contributed by atoms with Crippen molar-refractivity contribution in [2.45, 2.75) is 18.4 Å². The molecule has 0 saturated carbocycles. The van der Waals surface area contributed by atoms with Gasteiger partial charge in [-0.05, 0) is 18.6 Å². The van der Waals surface area contributed by atoms with Crippen molar-refractivity contribution in [3.8, 4) is 0 Å². The van der Waals surface area contributed by atoms with Crippen molar-refractivity contribution in [3.05, 3.63) is 28.9 Å². The summed E-state index contributed by atoms with van der Waals surface area (Å²) in [5.74, 6) is -1.17. The predicted octanol–water partition coefficient (Wildman–Crippen LogP) is 0.995. The maximum Gasteiger partial charge on any atom is 0.337 e. The molecule has 0 aliphatic rings. The summed E-state index contributed by atoms with van der Waals surface area (Å²) in [6, 6.07) is 2.29. The van der Waals surface area contributed by atoms with E-state index in [9.17, 15) is 13.2 Å². The van der Waals surface area contributed by atoms with Gasteiger partial charge in [-0.2, -0.15) is 8.42 Å². The van der Waals surface area contributed by atoms with Gasteiger partial charge in [0.2, 0.25) is 5.13 Å². The quantitative estimate of drug-likeness (QED) is 0.843. The first-order valence-electron chi connectivity index (χ1n) is 5.47. The number of carboxylic acids is 1. The van der Waals surface area contributed by atoms with Crippen molar-refractivity contribution in [2.75, 3.05) is 4.72 Å². The molecule has 2 aromatic rings. The van der Waals surface area contributed by atoms with Gasteiger partial charge in [0.1, 0.15) is 5.01 Å². The molecule has 2 rings (SSSR count). The van der Waals surface area contributed by atoms with E-state index < -0.39 is 16.0 Å². The van der Waals surface area contributed by atoms with E-state index in [-0.39, 0.29) is 15.7 Å². The van der Waals surface area contributed by atoms with Gasteiger partial charge in [0.25, 0.3) is 10.0 Å². The molecule has 0 aliphatic heterocycles. The van der Waals surface area contributed by atoms with E-state index in [0.717, 1.165) is 23.6 Å². The number of sulfonamides is 1. The Hall–Kier alpha value is -2.07. The lowest BCUT2D eigenvalue weighted by atomic mass is 10.3. The van der Waals surface area contributed by atoms with Gasteiger partial charge in [-0.3, -0.25) is 4.72 Å². The highest BCUT2D eigenvalue weighted by molar-refractivity contribution is 7.92. The van der Waals surface area contributed by atoms with E-state index in [0.29, 0.717) is 11.4 Å². The van der Waals surface area contributed by atoms with Gasteiger partial charge in [-0.15, -0.1) is 10.2 Å². The zero-order valence-corrected chi connectivity index (χ0v) is 11.9. The largest absolute Gasteiger partial charge is 0.478 e. The van der Waals surface area contributed by atoms with Gasteiger partial charge in [0.05, 0.1) is 5.56 Å². The van der Waals surface area contributed by atoms with Gasteiger partial charge < -0.3 is 5.11 Å². The van der Waals surface area contributed by atoms with E-state index in [1.54, 1.807) is 0 Å². The molecule has 0 bridgehead atoms. The highest BCUT2D eigenvalue weighted by Crippen LogP contribution is 2.19. The number of pyridine rings is 1. The molecular formula is C10H10N4O4S2. The molecule has 10 heteroatoms. The number of aromatic nitrogens is 3. The summed E-state index contributed by atoms with van der Waals surface area (Å²) in [6.45, 7) is 1.88. The SMILES string of the molecule is CCc1nnc(NS(=O)(=O)c2ccc(C(=O)O)cn2)s1. The Morgan fingerprint density at radius 3 is 2.65 bits per heavy atom. The molecule has 20 heavy (non-hydrogen) atoms. The molecular weight excluding hydrogens is 304 g/mol. The van der Waals surface area contributed by atoms with Gasteiger partial charge in [-0.1, -0.05) is 18.3 Å². The van der Waals surface area contributed by atoms with Crippen molar-refractivity contribution < 1.29 is 18.3 Å². The molecule has 0 amide bonds. The van der Waals surface area contributed by atoms with Crippen LogP contribution in [0, 0.1) is 0 Å². The minimum absolute atomic E-state index is 0.0897.